The van der Waals surface area contributed by atoms with Crippen molar-refractivity contribution < 1.29 is 14.1 Å². The van der Waals surface area contributed by atoms with Gasteiger partial charge in [-0.2, -0.15) is 4.98 Å². The van der Waals surface area contributed by atoms with Crippen LogP contribution in [0.3, 0.4) is 0 Å². The number of benzene rings is 1. The van der Waals surface area contributed by atoms with Crippen molar-refractivity contribution in [1.29, 1.82) is 0 Å². The molecule has 1 aliphatic rings. The molecule has 3 aromatic rings. The first-order valence-corrected chi connectivity index (χ1v) is 8.28. The summed E-state index contributed by atoms with van der Waals surface area (Å²) in [5, 5.41) is 4.11. The van der Waals surface area contributed by atoms with Crippen molar-refractivity contribution in [2.75, 3.05) is 26.8 Å². The summed E-state index contributed by atoms with van der Waals surface area (Å²) in [5.74, 6) is 1.18. The Morgan fingerprint density at radius 1 is 1.48 bits per heavy atom. The molecule has 4 rings (SSSR count). The summed E-state index contributed by atoms with van der Waals surface area (Å²) in [6, 6.07) is 5.79. The highest BCUT2D eigenvalue weighted by Crippen LogP contribution is 2.28. The van der Waals surface area contributed by atoms with E-state index in [0.29, 0.717) is 18.3 Å². The number of ether oxygens (including phenoxy) is 1. The lowest BCUT2D eigenvalue weighted by Crippen LogP contribution is -2.40. The minimum atomic E-state index is -0.00312. The van der Waals surface area contributed by atoms with Crippen LogP contribution in [0.15, 0.2) is 29.0 Å². The molecule has 0 aliphatic carbocycles. The first kappa shape index (κ1) is 15.8. The Balaban J connectivity index is 1.53. The molecule has 0 bridgehead atoms. The largest absolute Gasteiger partial charge is 0.375 e. The van der Waals surface area contributed by atoms with Crippen LogP contribution in [-0.2, 0) is 9.53 Å². The Kier molecular flexibility index (Phi) is 4.19. The number of aromatic amines is 1. The Labute approximate surface area is 144 Å². The van der Waals surface area contributed by atoms with Crippen LogP contribution < -0.4 is 0 Å². The number of piperidine rings is 1. The number of rotatable bonds is 4. The summed E-state index contributed by atoms with van der Waals surface area (Å²) >= 11 is 0. The number of likely N-dealkylation sites (tertiary alicyclic amines) is 1. The molecule has 8 heteroatoms. The number of amides is 1. The minimum Gasteiger partial charge on any atom is -0.375 e. The van der Waals surface area contributed by atoms with E-state index in [0.717, 1.165) is 36.0 Å². The maximum Gasteiger partial charge on any atom is 0.248 e. The van der Waals surface area contributed by atoms with Crippen LogP contribution in [0.5, 0.6) is 0 Å². The highest BCUT2D eigenvalue weighted by molar-refractivity contribution is 5.80. The van der Waals surface area contributed by atoms with Crippen LogP contribution in [-0.4, -0.2) is 57.7 Å². The third kappa shape index (κ3) is 3.12. The van der Waals surface area contributed by atoms with E-state index in [-0.39, 0.29) is 18.4 Å². The lowest BCUT2D eigenvalue weighted by atomic mass is 9.98. The molecule has 0 unspecified atom stereocenters. The predicted octanol–water partition coefficient (Wildman–Crippen LogP) is 1.97. The monoisotopic (exact) mass is 341 g/mol. The molecule has 0 spiro atoms. The van der Waals surface area contributed by atoms with Crippen molar-refractivity contribution in [2.24, 2.45) is 0 Å². The zero-order chi connectivity index (χ0) is 17.2. The van der Waals surface area contributed by atoms with E-state index in [2.05, 4.69) is 20.1 Å². The van der Waals surface area contributed by atoms with Crippen molar-refractivity contribution in [2.45, 2.75) is 18.8 Å². The Hall–Kier alpha value is -2.74. The van der Waals surface area contributed by atoms with Crippen LogP contribution >= 0.6 is 0 Å². The molecular formula is C17H19N5O3. The van der Waals surface area contributed by atoms with Crippen molar-refractivity contribution in [3.63, 3.8) is 0 Å². The molecular weight excluding hydrogens is 322 g/mol. The number of hydrogen-bond acceptors (Lipinski definition) is 6. The van der Waals surface area contributed by atoms with Crippen LogP contribution in [0.25, 0.3) is 22.4 Å². The molecule has 0 radical (unpaired) electrons. The third-order valence-corrected chi connectivity index (χ3v) is 4.51. The van der Waals surface area contributed by atoms with Gasteiger partial charge >= 0.3 is 0 Å². The molecule has 130 valence electrons. The van der Waals surface area contributed by atoms with Gasteiger partial charge in [0.15, 0.2) is 0 Å². The first-order valence-electron chi connectivity index (χ1n) is 8.28. The second kappa shape index (κ2) is 6.64. The molecule has 1 N–H and O–H groups in total. The van der Waals surface area contributed by atoms with Crippen LogP contribution in [0.1, 0.15) is 24.7 Å². The van der Waals surface area contributed by atoms with Gasteiger partial charge < -0.3 is 19.1 Å². The van der Waals surface area contributed by atoms with Crippen molar-refractivity contribution >= 4 is 16.9 Å². The summed E-state index contributed by atoms with van der Waals surface area (Å²) in [6.45, 7) is 1.44. The maximum absolute atomic E-state index is 12.0. The molecule has 1 fully saturated rings. The van der Waals surface area contributed by atoms with Gasteiger partial charge in [-0.25, -0.2) is 4.98 Å². The third-order valence-electron chi connectivity index (χ3n) is 4.51. The van der Waals surface area contributed by atoms with E-state index in [1.54, 1.807) is 11.2 Å². The van der Waals surface area contributed by atoms with Gasteiger partial charge in [0.25, 0.3) is 0 Å². The second-order valence-electron chi connectivity index (χ2n) is 6.20. The van der Waals surface area contributed by atoms with Crippen molar-refractivity contribution in [3.8, 4) is 11.4 Å². The zero-order valence-corrected chi connectivity index (χ0v) is 13.9. The predicted molar refractivity (Wildman–Crippen MR) is 89.8 cm³/mol. The molecule has 3 heterocycles. The number of aromatic nitrogens is 4. The molecule has 1 amide bonds. The highest BCUT2D eigenvalue weighted by atomic mass is 16.5. The van der Waals surface area contributed by atoms with Gasteiger partial charge in [0.05, 0.1) is 23.3 Å². The van der Waals surface area contributed by atoms with Crippen LogP contribution in [0.4, 0.5) is 0 Å². The number of imidazole rings is 1. The fourth-order valence-corrected chi connectivity index (χ4v) is 3.21. The SMILES string of the molecule is COCC(=O)N1CCC[C@@H](c2nc(-c3ccc4nc[nH]c4c3)no2)C1. The summed E-state index contributed by atoms with van der Waals surface area (Å²) in [5.41, 5.74) is 2.69. The number of carbonyl (C=O) groups is 1. The number of fused-ring (bicyclic) bond motifs is 1. The molecule has 1 atom stereocenters. The number of methoxy groups -OCH3 is 1. The standard InChI is InChI=1S/C17H19N5O3/c1-24-9-15(23)22-6-2-3-12(8-22)17-20-16(21-25-17)11-4-5-13-14(7-11)19-10-18-13/h4-5,7,10,12H,2-3,6,8-9H2,1H3,(H,18,19)/t12-/m1/s1. The average Bonchev–Trinajstić information content (AvgIpc) is 3.31. The average molecular weight is 341 g/mol. The zero-order valence-electron chi connectivity index (χ0n) is 13.9. The Morgan fingerprint density at radius 2 is 2.40 bits per heavy atom. The normalized spacial score (nSPS) is 18.0. The van der Waals surface area contributed by atoms with Gasteiger partial charge in [-0.1, -0.05) is 5.16 Å². The van der Waals surface area contributed by atoms with Crippen molar-refractivity contribution in [1.82, 2.24) is 25.0 Å². The summed E-state index contributed by atoms with van der Waals surface area (Å²) in [6.07, 6.45) is 3.50. The van der Waals surface area contributed by atoms with Gasteiger partial charge in [-0.05, 0) is 31.0 Å². The number of H-pyrrole nitrogens is 1. The van der Waals surface area contributed by atoms with Crippen LogP contribution in [0, 0.1) is 0 Å². The quantitative estimate of drug-likeness (QED) is 0.779. The molecule has 0 saturated carbocycles. The highest BCUT2D eigenvalue weighted by Gasteiger charge is 2.28. The fraction of sp³-hybridized carbons (Fsp3) is 0.412. The Bertz CT molecular complexity index is 887. The molecule has 8 nitrogen and oxygen atoms in total. The molecule has 25 heavy (non-hydrogen) atoms. The van der Waals surface area contributed by atoms with Crippen LogP contribution in [0.2, 0.25) is 0 Å². The summed E-state index contributed by atoms with van der Waals surface area (Å²) in [7, 11) is 1.53. The summed E-state index contributed by atoms with van der Waals surface area (Å²) in [4.78, 5) is 25.7. The van der Waals surface area contributed by atoms with Gasteiger partial charge in [-0.3, -0.25) is 4.79 Å². The topological polar surface area (TPSA) is 97.1 Å². The second-order valence-corrected chi connectivity index (χ2v) is 6.20. The number of nitrogens with one attached hydrogen (secondary N) is 1. The Morgan fingerprint density at radius 3 is 3.28 bits per heavy atom. The maximum atomic E-state index is 12.0. The lowest BCUT2D eigenvalue weighted by Gasteiger charge is -2.30. The van der Waals surface area contributed by atoms with E-state index < -0.39 is 0 Å². The number of nitrogens with zero attached hydrogens (tertiary/aromatic N) is 4. The minimum absolute atomic E-state index is 0.00312. The smallest absolute Gasteiger partial charge is 0.248 e. The van der Waals surface area contributed by atoms with Gasteiger partial charge in [0, 0.05) is 25.8 Å². The fourth-order valence-electron chi connectivity index (χ4n) is 3.21. The van der Waals surface area contributed by atoms with E-state index in [9.17, 15) is 4.79 Å². The van der Waals surface area contributed by atoms with E-state index >= 15 is 0 Å². The first-order chi connectivity index (χ1) is 12.2. The van der Waals surface area contributed by atoms with Crippen molar-refractivity contribution in [3.05, 3.63) is 30.4 Å². The molecule has 2 aromatic heterocycles. The van der Waals surface area contributed by atoms with Gasteiger partial charge in [0.1, 0.15) is 6.61 Å². The van der Waals surface area contributed by atoms with E-state index in [4.69, 9.17) is 9.26 Å². The van der Waals surface area contributed by atoms with E-state index in [1.807, 2.05) is 18.2 Å². The lowest BCUT2D eigenvalue weighted by molar-refractivity contribution is -0.136. The summed E-state index contributed by atoms with van der Waals surface area (Å²) < 4.78 is 10.4. The van der Waals surface area contributed by atoms with Gasteiger partial charge in [-0.15, -0.1) is 0 Å². The number of carbonyl (C=O) groups excluding carboxylic acids is 1. The molecule has 1 aromatic carbocycles. The number of hydrogen-bond donors (Lipinski definition) is 1. The van der Waals surface area contributed by atoms with Gasteiger partial charge in [0.2, 0.25) is 17.6 Å². The molecule has 1 aliphatic heterocycles. The molecule has 1 saturated heterocycles. The van der Waals surface area contributed by atoms with E-state index in [1.165, 1.54) is 7.11 Å².